The van der Waals surface area contributed by atoms with Crippen LogP contribution in [0.3, 0.4) is 0 Å². The molecule has 0 aliphatic carbocycles. The van der Waals surface area contributed by atoms with E-state index in [2.05, 4.69) is 16.5 Å². The third kappa shape index (κ3) is 6.08. The molecule has 0 amide bonds. The van der Waals surface area contributed by atoms with Crippen molar-refractivity contribution in [1.82, 2.24) is 0 Å². The fraction of sp³-hybridized carbons (Fsp3) is 0.786. The van der Waals surface area contributed by atoms with Crippen LogP contribution in [0.25, 0.3) is 5.53 Å². The molecule has 0 aromatic rings. The Morgan fingerprint density at radius 1 is 1.25 bits per heavy atom. The predicted molar refractivity (Wildman–Crippen MR) is 74.2 cm³/mol. The van der Waals surface area contributed by atoms with Crippen LogP contribution in [0.5, 0.6) is 0 Å². The number of nitrogens with zero attached hydrogens (tertiary/aromatic N) is 2. The van der Waals surface area contributed by atoms with Gasteiger partial charge in [-0.05, 0) is 6.42 Å². The van der Waals surface area contributed by atoms with Gasteiger partial charge < -0.3 is 15.4 Å². The van der Waals surface area contributed by atoms with Gasteiger partial charge in [0.1, 0.15) is 0 Å². The van der Waals surface area contributed by atoms with Crippen molar-refractivity contribution in [1.29, 1.82) is 0 Å². The average molecular weight is 284 g/mol. The molecule has 0 rings (SSSR count). The second-order valence-corrected chi connectivity index (χ2v) is 4.86. The molecule has 0 aromatic carbocycles. The molecule has 20 heavy (non-hydrogen) atoms. The van der Waals surface area contributed by atoms with E-state index in [-0.39, 0.29) is 0 Å². The van der Waals surface area contributed by atoms with Gasteiger partial charge in [0.15, 0.2) is 0 Å². The van der Waals surface area contributed by atoms with Gasteiger partial charge in [0.2, 0.25) is 0 Å². The number of carbonyl (C=O) groups excluding carboxylic acids is 2. The Bertz CT molecular complexity index is 375. The van der Waals surface area contributed by atoms with Crippen LogP contribution in [-0.2, 0) is 14.3 Å². The van der Waals surface area contributed by atoms with Crippen molar-refractivity contribution < 1.29 is 24.2 Å². The molecule has 0 saturated carbocycles. The van der Waals surface area contributed by atoms with Crippen molar-refractivity contribution in [2.45, 2.75) is 58.5 Å². The summed E-state index contributed by atoms with van der Waals surface area (Å²) >= 11 is 0. The van der Waals surface area contributed by atoms with Gasteiger partial charge in [-0.25, -0.2) is 4.79 Å². The number of ether oxygens (including phenoxy) is 1. The molecule has 0 bridgehead atoms. The van der Waals surface area contributed by atoms with Crippen molar-refractivity contribution in [3.63, 3.8) is 0 Å². The minimum atomic E-state index is -1.00. The summed E-state index contributed by atoms with van der Waals surface area (Å²) in [5.41, 5.74) is 8.01. The lowest BCUT2D eigenvalue weighted by atomic mass is 9.92. The number of carbonyl (C=O) groups is 2. The van der Waals surface area contributed by atoms with E-state index in [0.29, 0.717) is 6.42 Å². The highest BCUT2D eigenvalue weighted by molar-refractivity contribution is 6.62. The zero-order chi connectivity index (χ0) is 15.5. The first-order chi connectivity index (χ1) is 9.49. The number of unbranched alkanes of at least 4 members (excludes halogenated alkanes) is 4. The zero-order valence-electron chi connectivity index (χ0n) is 12.5. The predicted octanol–water partition coefficient (Wildman–Crippen LogP) is 1.76. The number of aliphatic hydroxyl groups excluding tert-OH is 1. The van der Waals surface area contributed by atoms with E-state index in [1.807, 2.05) is 0 Å². The maximum absolute atomic E-state index is 11.9. The van der Waals surface area contributed by atoms with Gasteiger partial charge in [0, 0.05) is 0 Å². The molecule has 2 unspecified atom stereocenters. The molecule has 1 N–H and O–H groups in total. The number of hydrogen-bond donors (Lipinski definition) is 1. The normalized spacial score (nSPS) is 13.2. The fourth-order valence-electron chi connectivity index (χ4n) is 1.88. The number of rotatable bonds is 10. The smallest absolute Gasteiger partial charge is 0.441 e. The highest BCUT2D eigenvalue weighted by atomic mass is 16.5. The Hall–Kier alpha value is -1.52. The van der Waals surface area contributed by atoms with Crippen molar-refractivity contribution in [2.75, 3.05) is 7.11 Å². The molecule has 0 radical (unpaired) electrons. The number of methoxy groups -OCH3 is 1. The van der Waals surface area contributed by atoms with Crippen LogP contribution in [-0.4, -0.2) is 40.6 Å². The molecular formula is C14H24N2O4. The van der Waals surface area contributed by atoms with Gasteiger partial charge in [-0.3, -0.25) is 4.79 Å². The molecule has 6 nitrogen and oxygen atoms in total. The zero-order valence-corrected chi connectivity index (χ0v) is 12.5. The van der Waals surface area contributed by atoms with E-state index in [4.69, 9.17) is 5.53 Å². The molecule has 0 saturated heterocycles. The molecule has 0 aliphatic rings. The number of aliphatic hydroxyl groups is 1. The van der Waals surface area contributed by atoms with Gasteiger partial charge in [0.05, 0.1) is 19.1 Å². The minimum absolute atomic E-state index is 0.483. The van der Waals surface area contributed by atoms with E-state index in [9.17, 15) is 14.7 Å². The molecule has 0 aromatic heterocycles. The number of esters is 1. The Morgan fingerprint density at radius 3 is 2.35 bits per heavy atom. The number of hydrogen-bond acceptors (Lipinski definition) is 4. The first-order valence-electron chi connectivity index (χ1n) is 7.02. The van der Waals surface area contributed by atoms with Gasteiger partial charge in [0.25, 0.3) is 5.78 Å². The Kier molecular flexibility index (Phi) is 9.51. The molecule has 0 heterocycles. The van der Waals surface area contributed by atoms with Crippen LogP contribution in [0.4, 0.5) is 0 Å². The third-order valence-electron chi connectivity index (χ3n) is 3.31. The van der Waals surface area contributed by atoms with Crippen LogP contribution in [0, 0.1) is 5.92 Å². The van der Waals surface area contributed by atoms with E-state index in [1.54, 1.807) is 0 Å². The lowest BCUT2D eigenvalue weighted by Crippen LogP contribution is -2.36. The van der Waals surface area contributed by atoms with E-state index >= 15 is 0 Å². The van der Waals surface area contributed by atoms with Gasteiger partial charge in [-0.2, -0.15) is 4.79 Å². The SMILES string of the molecule is CCCCCCCC(O)C(C)C(=O)C(=[N+]=[N-])C(=O)OC. The number of ketones is 1. The lowest BCUT2D eigenvalue weighted by molar-refractivity contribution is -0.140. The summed E-state index contributed by atoms with van der Waals surface area (Å²) in [6, 6.07) is 0. The van der Waals surface area contributed by atoms with Crippen molar-refractivity contribution >= 4 is 17.5 Å². The molecule has 6 heteroatoms. The Balaban J connectivity index is 4.35. The van der Waals surface area contributed by atoms with Gasteiger partial charge >= 0.3 is 11.7 Å². The summed E-state index contributed by atoms with van der Waals surface area (Å²) in [7, 11) is 1.09. The summed E-state index contributed by atoms with van der Waals surface area (Å²) in [5.74, 6) is -2.51. The second kappa shape index (κ2) is 10.3. The highest BCUT2D eigenvalue weighted by Crippen LogP contribution is 2.14. The van der Waals surface area contributed by atoms with Crippen molar-refractivity contribution in [3.05, 3.63) is 5.53 Å². The second-order valence-electron chi connectivity index (χ2n) is 4.86. The summed E-state index contributed by atoms with van der Waals surface area (Å²) < 4.78 is 4.35. The van der Waals surface area contributed by atoms with E-state index < -0.39 is 29.5 Å². The largest absolute Gasteiger partial charge is 0.460 e. The Morgan fingerprint density at radius 2 is 1.85 bits per heavy atom. The summed E-state index contributed by atoms with van der Waals surface area (Å²) in [6.45, 7) is 3.63. The molecular weight excluding hydrogens is 260 g/mol. The van der Waals surface area contributed by atoms with Crippen LogP contribution < -0.4 is 0 Å². The minimum Gasteiger partial charge on any atom is -0.460 e. The lowest BCUT2D eigenvalue weighted by Gasteiger charge is -2.15. The van der Waals surface area contributed by atoms with Gasteiger partial charge in [-0.1, -0.05) is 46.0 Å². The maximum Gasteiger partial charge on any atom is 0.441 e. The van der Waals surface area contributed by atoms with Crippen LogP contribution in [0.2, 0.25) is 0 Å². The van der Waals surface area contributed by atoms with E-state index in [1.165, 1.54) is 6.92 Å². The third-order valence-corrected chi connectivity index (χ3v) is 3.31. The van der Waals surface area contributed by atoms with Crippen LogP contribution in [0.15, 0.2) is 0 Å². The molecule has 2 atom stereocenters. The standard InChI is InChI=1S/C14H24N2O4/c1-4-5-6-7-8-9-11(17)10(2)13(18)12(16-15)14(19)20-3/h10-11,17H,4-9H2,1-3H3. The molecule has 0 aliphatic heterocycles. The average Bonchev–Trinajstić information content (AvgIpc) is 2.46. The summed E-state index contributed by atoms with van der Waals surface area (Å²) in [6.07, 6.45) is 4.87. The fourth-order valence-corrected chi connectivity index (χ4v) is 1.88. The van der Waals surface area contributed by atoms with Crippen molar-refractivity contribution in [3.8, 4) is 0 Å². The first-order valence-corrected chi connectivity index (χ1v) is 7.02. The van der Waals surface area contributed by atoms with Crippen LogP contribution in [0.1, 0.15) is 52.4 Å². The van der Waals surface area contributed by atoms with Crippen LogP contribution >= 0.6 is 0 Å². The summed E-state index contributed by atoms with van der Waals surface area (Å²) in [5, 5.41) is 9.93. The molecule has 0 spiro atoms. The molecule has 114 valence electrons. The van der Waals surface area contributed by atoms with Crippen molar-refractivity contribution in [2.24, 2.45) is 5.92 Å². The first kappa shape index (κ1) is 18.5. The number of Topliss-reactive ketones (excluding diaryl/α,β-unsaturated/α-hetero) is 1. The molecule has 0 fully saturated rings. The quantitative estimate of drug-likeness (QED) is 0.165. The maximum atomic E-state index is 11.9. The Labute approximate surface area is 119 Å². The topological polar surface area (TPSA) is 100 Å². The monoisotopic (exact) mass is 284 g/mol. The van der Waals surface area contributed by atoms with Gasteiger partial charge in [-0.15, -0.1) is 0 Å². The highest BCUT2D eigenvalue weighted by Gasteiger charge is 2.37. The van der Waals surface area contributed by atoms with E-state index in [0.717, 1.165) is 39.2 Å². The summed E-state index contributed by atoms with van der Waals surface area (Å²) in [4.78, 5) is 25.8.